The molecule has 6 rings (SSSR count). The molecule has 13 heteroatoms. The van der Waals surface area contributed by atoms with Gasteiger partial charge in [-0.2, -0.15) is 0 Å². The van der Waals surface area contributed by atoms with Gasteiger partial charge < -0.3 is 15.5 Å². The van der Waals surface area contributed by atoms with E-state index in [1.54, 1.807) is 59.4 Å². The molecule has 2 aromatic heterocycles. The largest absolute Gasteiger partial charge is 0.355 e. The Labute approximate surface area is 268 Å². The lowest BCUT2D eigenvalue weighted by Gasteiger charge is -2.34. The fraction of sp³-hybridized carbons (Fsp3) is 0.188. The number of halogens is 2. The lowest BCUT2D eigenvalue weighted by Crippen LogP contribution is -2.46. The maximum absolute atomic E-state index is 14.1. The van der Waals surface area contributed by atoms with Crippen LogP contribution in [0.25, 0.3) is 11.4 Å². The van der Waals surface area contributed by atoms with E-state index in [9.17, 15) is 14.4 Å². The van der Waals surface area contributed by atoms with Gasteiger partial charge in [-0.3, -0.25) is 14.4 Å². The number of benzene rings is 3. The van der Waals surface area contributed by atoms with Crippen molar-refractivity contribution in [2.45, 2.75) is 32.5 Å². The lowest BCUT2D eigenvalue weighted by atomic mass is 9.98. The molecule has 0 saturated heterocycles. The topological polar surface area (TPSA) is 127 Å². The van der Waals surface area contributed by atoms with Crippen LogP contribution in [0.2, 0.25) is 10.0 Å². The summed E-state index contributed by atoms with van der Waals surface area (Å²) in [4.78, 5) is 50.7. The molecule has 2 N–H and O–H groups in total. The molecular formula is C32H28Cl2N8O3. The monoisotopic (exact) mass is 642 g/mol. The van der Waals surface area contributed by atoms with Crippen molar-refractivity contribution in [3.8, 4) is 11.4 Å². The molecule has 1 aliphatic heterocycles. The smallest absolute Gasteiger partial charge is 0.263 e. The zero-order chi connectivity index (χ0) is 31.7. The van der Waals surface area contributed by atoms with Gasteiger partial charge in [0, 0.05) is 29.8 Å². The number of nitrogens with zero attached hydrogens (tertiary/aromatic N) is 6. The molecule has 0 saturated carbocycles. The predicted octanol–water partition coefficient (Wildman–Crippen LogP) is 4.68. The second-order valence-corrected chi connectivity index (χ2v) is 11.4. The summed E-state index contributed by atoms with van der Waals surface area (Å²) in [6.07, 6.45) is 1.92. The molecule has 228 valence electrons. The number of hydrogen-bond donors (Lipinski definition) is 2. The SMILES string of the molecule is CNC(=O)c1ccc(-n2c(NCc3ncn(-c4ccccc4)n3)nc3c(c2=O)C[C@@H](C)N(C(=O)c2ccc(Cl)c(Cl)c2)C3)cc1. The van der Waals surface area contributed by atoms with Crippen LogP contribution in [0.15, 0.2) is 83.9 Å². The number of para-hydroxylation sites is 1. The van der Waals surface area contributed by atoms with Crippen LogP contribution in [0.5, 0.6) is 0 Å². The molecule has 0 fully saturated rings. The molecule has 0 radical (unpaired) electrons. The third-order valence-electron chi connectivity index (χ3n) is 7.62. The Morgan fingerprint density at radius 3 is 2.40 bits per heavy atom. The van der Waals surface area contributed by atoms with Crippen LogP contribution in [0.3, 0.4) is 0 Å². The van der Waals surface area contributed by atoms with Gasteiger partial charge in [-0.15, -0.1) is 5.10 Å². The standard InChI is InChI=1S/C32H28Cl2N8O3/c1-19-14-24-27(17-40(19)30(44)21-10-13-25(33)26(34)15-21)38-32(36-16-28-37-18-41(39-28)22-6-4-3-5-7-22)42(31(24)45)23-11-8-20(9-12-23)29(43)35-2/h3-13,15,18-19H,14,16-17H2,1-2H3,(H,35,43)(H,36,38)/t19-/m1/s1. The van der Waals surface area contributed by atoms with E-state index in [-0.39, 0.29) is 47.5 Å². The zero-order valence-electron chi connectivity index (χ0n) is 24.4. The number of hydrogen-bond acceptors (Lipinski definition) is 7. The minimum atomic E-state index is -0.289. The molecule has 3 aromatic carbocycles. The fourth-order valence-corrected chi connectivity index (χ4v) is 5.53. The van der Waals surface area contributed by atoms with E-state index in [1.807, 2.05) is 37.3 Å². The molecule has 0 bridgehead atoms. The Balaban J connectivity index is 1.36. The first-order chi connectivity index (χ1) is 21.7. The first-order valence-electron chi connectivity index (χ1n) is 14.2. The van der Waals surface area contributed by atoms with Gasteiger partial charge in [-0.1, -0.05) is 41.4 Å². The van der Waals surface area contributed by atoms with Gasteiger partial charge in [0.15, 0.2) is 5.82 Å². The average Bonchev–Trinajstić information content (AvgIpc) is 3.54. The number of fused-ring (bicyclic) bond motifs is 1. The summed E-state index contributed by atoms with van der Waals surface area (Å²) in [7, 11) is 1.56. The molecule has 2 amide bonds. The highest BCUT2D eigenvalue weighted by Gasteiger charge is 2.32. The Morgan fingerprint density at radius 1 is 0.956 bits per heavy atom. The fourth-order valence-electron chi connectivity index (χ4n) is 5.23. The average molecular weight is 644 g/mol. The Bertz CT molecular complexity index is 1960. The van der Waals surface area contributed by atoms with E-state index in [4.69, 9.17) is 28.2 Å². The van der Waals surface area contributed by atoms with Crippen molar-refractivity contribution in [2.75, 3.05) is 12.4 Å². The van der Waals surface area contributed by atoms with Crippen molar-refractivity contribution < 1.29 is 9.59 Å². The molecule has 0 aliphatic carbocycles. The highest BCUT2D eigenvalue weighted by molar-refractivity contribution is 6.42. The molecule has 0 unspecified atom stereocenters. The van der Waals surface area contributed by atoms with Crippen LogP contribution < -0.4 is 16.2 Å². The van der Waals surface area contributed by atoms with Crippen molar-refractivity contribution >= 4 is 41.0 Å². The van der Waals surface area contributed by atoms with E-state index in [1.165, 1.54) is 10.6 Å². The van der Waals surface area contributed by atoms with Crippen LogP contribution in [0.4, 0.5) is 5.95 Å². The minimum Gasteiger partial charge on any atom is -0.355 e. The van der Waals surface area contributed by atoms with Gasteiger partial charge in [0.1, 0.15) is 6.33 Å². The Hall–Kier alpha value is -5.00. The van der Waals surface area contributed by atoms with E-state index >= 15 is 0 Å². The molecule has 1 aliphatic rings. The predicted molar refractivity (Wildman–Crippen MR) is 171 cm³/mol. The second kappa shape index (κ2) is 12.5. The zero-order valence-corrected chi connectivity index (χ0v) is 25.9. The van der Waals surface area contributed by atoms with E-state index < -0.39 is 0 Å². The van der Waals surface area contributed by atoms with Gasteiger partial charge in [-0.25, -0.2) is 19.2 Å². The van der Waals surface area contributed by atoms with Crippen molar-refractivity contribution in [1.82, 2.24) is 34.5 Å². The number of carbonyl (C=O) groups is 2. The summed E-state index contributed by atoms with van der Waals surface area (Å²) in [6.45, 7) is 2.18. The van der Waals surface area contributed by atoms with Crippen molar-refractivity contribution in [2.24, 2.45) is 0 Å². The summed E-state index contributed by atoms with van der Waals surface area (Å²) in [6, 6.07) is 20.7. The summed E-state index contributed by atoms with van der Waals surface area (Å²) in [5.41, 5.74) is 2.94. The summed E-state index contributed by atoms with van der Waals surface area (Å²) >= 11 is 12.3. The first kappa shape index (κ1) is 30.0. The van der Waals surface area contributed by atoms with E-state index in [0.717, 1.165) is 5.69 Å². The third-order valence-corrected chi connectivity index (χ3v) is 8.36. The number of carbonyl (C=O) groups excluding carboxylic acids is 2. The molecule has 11 nitrogen and oxygen atoms in total. The summed E-state index contributed by atoms with van der Waals surface area (Å²) < 4.78 is 3.14. The van der Waals surface area contributed by atoms with Gasteiger partial charge in [-0.05, 0) is 67.9 Å². The maximum Gasteiger partial charge on any atom is 0.263 e. The van der Waals surface area contributed by atoms with Gasteiger partial charge in [0.25, 0.3) is 17.4 Å². The highest BCUT2D eigenvalue weighted by atomic mass is 35.5. The summed E-state index contributed by atoms with van der Waals surface area (Å²) in [5, 5.41) is 11.0. The molecule has 0 spiro atoms. The van der Waals surface area contributed by atoms with Gasteiger partial charge >= 0.3 is 0 Å². The molecular weight excluding hydrogens is 615 g/mol. The van der Waals surface area contributed by atoms with Gasteiger partial charge in [0.05, 0.1) is 40.2 Å². The molecule has 3 heterocycles. The molecule has 45 heavy (non-hydrogen) atoms. The molecule has 1 atom stereocenters. The van der Waals surface area contributed by atoms with Crippen LogP contribution in [0.1, 0.15) is 44.7 Å². The van der Waals surface area contributed by atoms with Crippen LogP contribution >= 0.6 is 23.2 Å². The summed E-state index contributed by atoms with van der Waals surface area (Å²) in [5.74, 6) is 0.250. The number of amides is 2. The van der Waals surface area contributed by atoms with Crippen LogP contribution in [-0.4, -0.2) is 54.1 Å². The third kappa shape index (κ3) is 6.04. The number of rotatable bonds is 7. The van der Waals surface area contributed by atoms with Crippen molar-refractivity contribution in [1.29, 1.82) is 0 Å². The maximum atomic E-state index is 14.1. The minimum absolute atomic E-state index is 0.122. The first-order valence-corrected chi connectivity index (χ1v) is 14.9. The van der Waals surface area contributed by atoms with Crippen LogP contribution in [0, 0.1) is 0 Å². The normalized spacial score (nSPS) is 14.1. The Morgan fingerprint density at radius 2 is 1.69 bits per heavy atom. The van der Waals surface area contributed by atoms with E-state index in [0.29, 0.717) is 45.3 Å². The van der Waals surface area contributed by atoms with Crippen molar-refractivity contribution in [3.05, 3.63) is 128 Å². The number of aromatic nitrogens is 5. The number of nitrogens with one attached hydrogen (secondary N) is 2. The lowest BCUT2D eigenvalue weighted by molar-refractivity contribution is 0.0653. The van der Waals surface area contributed by atoms with Crippen LogP contribution in [-0.2, 0) is 19.5 Å². The number of anilines is 1. The Kier molecular flexibility index (Phi) is 8.38. The van der Waals surface area contributed by atoms with E-state index in [2.05, 4.69) is 20.7 Å². The highest BCUT2D eigenvalue weighted by Crippen LogP contribution is 2.27. The van der Waals surface area contributed by atoms with Crippen molar-refractivity contribution in [3.63, 3.8) is 0 Å². The second-order valence-electron chi connectivity index (χ2n) is 10.5. The van der Waals surface area contributed by atoms with Gasteiger partial charge in [0.2, 0.25) is 5.95 Å². The quantitative estimate of drug-likeness (QED) is 0.264. The molecule has 5 aromatic rings.